The molecule has 5 nitrogen and oxygen atoms in total. The van der Waals surface area contributed by atoms with E-state index in [2.05, 4.69) is 21.2 Å². The van der Waals surface area contributed by atoms with Crippen molar-refractivity contribution in [2.45, 2.75) is 11.8 Å². The lowest BCUT2D eigenvalue weighted by molar-refractivity contribution is -0.142. The zero-order valence-corrected chi connectivity index (χ0v) is 13.0. The van der Waals surface area contributed by atoms with Crippen LogP contribution in [-0.2, 0) is 14.3 Å². The first-order valence-electron chi connectivity index (χ1n) is 5.51. The van der Waals surface area contributed by atoms with E-state index in [-0.39, 0.29) is 6.61 Å². The lowest BCUT2D eigenvalue weighted by atomic mass is 10.3. The van der Waals surface area contributed by atoms with Gasteiger partial charge >= 0.3 is 5.97 Å². The lowest BCUT2D eigenvalue weighted by Gasteiger charge is -2.08. The highest BCUT2D eigenvalue weighted by molar-refractivity contribution is 9.10. The van der Waals surface area contributed by atoms with Crippen LogP contribution in [0.15, 0.2) is 39.7 Å². The Bertz CT molecular complexity index is 581. The number of amides is 1. The molecule has 0 bridgehead atoms. The Morgan fingerprint density at radius 3 is 2.90 bits per heavy atom. The summed E-state index contributed by atoms with van der Waals surface area (Å²) in [6, 6.07) is 5.09. The van der Waals surface area contributed by atoms with Crippen molar-refractivity contribution in [3.8, 4) is 5.40 Å². The molecule has 0 aliphatic carbocycles. The van der Waals surface area contributed by atoms with Gasteiger partial charge < -0.3 is 10.1 Å². The second-order valence-corrected chi connectivity index (χ2v) is 5.20. The number of allylic oxidation sites excluding steroid dienone is 1. The van der Waals surface area contributed by atoms with Crippen LogP contribution in [0.4, 0.5) is 5.69 Å². The van der Waals surface area contributed by atoms with Gasteiger partial charge in [-0.2, -0.15) is 5.26 Å². The summed E-state index contributed by atoms with van der Waals surface area (Å²) in [5, 5.41) is 13.1. The monoisotopic (exact) mass is 354 g/mol. The number of thioether (sulfide) groups is 1. The molecule has 1 rings (SSSR count). The molecule has 0 fully saturated rings. The first kappa shape index (κ1) is 16.3. The van der Waals surface area contributed by atoms with E-state index in [0.29, 0.717) is 10.2 Å². The maximum atomic E-state index is 11.6. The smallest absolute Gasteiger partial charge is 0.330 e. The Balaban J connectivity index is 2.58. The van der Waals surface area contributed by atoms with Crippen LogP contribution in [-0.4, -0.2) is 18.5 Å². The summed E-state index contributed by atoms with van der Waals surface area (Å²) in [5.41, 5.74) is 0.541. The highest BCUT2D eigenvalue weighted by Crippen LogP contribution is 2.28. The number of carbonyl (C=O) groups excluding carboxylic acids is 2. The van der Waals surface area contributed by atoms with Crippen LogP contribution in [0.1, 0.15) is 6.92 Å². The van der Waals surface area contributed by atoms with Crippen molar-refractivity contribution in [1.82, 2.24) is 0 Å². The minimum absolute atomic E-state index is 0.357. The maximum Gasteiger partial charge on any atom is 0.330 e. The topological polar surface area (TPSA) is 79.2 Å². The van der Waals surface area contributed by atoms with Crippen LogP contribution in [0.2, 0.25) is 0 Å². The number of benzene rings is 1. The predicted molar refractivity (Wildman–Crippen MR) is 80.0 cm³/mol. The second-order valence-electron chi connectivity index (χ2n) is 3.49. The van der Waals surface area contributed by atoms with E-state index >= 15 is 0 Å². The molecule has 1 N–H and O–H groups in total. The molecule has 1 aromatic carbocycles. The van der Waals surface area contributed by atoms with Gasteiger partial charge in [-0.25, -0.2) is 4.79 Å². The highest BCUT2D eigenvalue weighted by Gasteiger charge is 2.08. The Hall–Kier alpha value is -1.78. The molecular weight excluding hydrogens is 344 g/mol. The largest absolute Gasteiger partial charge is 0.452 e. The lowest BCUT2D eigenvalue weighted by Crippen LogP contribution is -2.20. The third-order valence-corrected chi connectivity index (χ3v) is 3.26. The van der Waals surface area contributed by atoms with Gasteiger partial charge in [-0.05, 0) is 52.8 Å². The molecule has 1 amide bonds. The number of nitrogens with zero attached hydrogens (tertiary/aromatic N) is 1. The van der Waals surface area contributed by atoms with Crippen molar-refractivity contribution in [1.29, 1.82) is 5.26 Å². The number of esters is 1. The minimum Gasteiger partial charge on any atom is -0.452 e. The molecule has 0 aromatic heterocycles. The van der Waals surface area contributed by atoms with Crippen LogP contribution >= 0.6 is 27.7 Å². The molecule has 0 unspecified atom stereocenters. The average molecular weight is 355 g/mol. The summed E-state index contributed by atoms with van der Waals surface area (Å²) in [6.07, 6.45) is 2.76. The number of carbonyl (C=O) groups is 2. The number of ether oxygens (including phenoxy) is 1. The third kappa shape index (κ3) is 5.47. The van der Waals surface area contributed by atoms with Gasteiger partial charge in [-0.3, -0.25) is 4.79 Å². The Kier molecular flexibility index (Phi) is 6.84. The van der Waals surface area contributed by atoms with E-state index in [1.807, 2.05) is 5.40 Å². The van der Waals surface area contributed by atoms with Crippen molar-refractivity contribution >= 4 is 45.3 Å². The van der Waals surface area contributed by atoms with E-state index < -0.39 is 11.9 Å². The molecule has 0 heterocycles. The van der Waals surface area contributed by atoms with Gasteiger partial charge in [0.2, 0.25) is 0 Å². The molecule has 104 valence electrons. The SMILES string of the molecule is C/C=C/C(=O)OCC(=O)Nc1ccc(SC#N)cc1Br. The summed E-state index contributed by atoms with van der Waals surface area (Å²) in [5.74, 6) is -1.01. The van der Waals surface area contributed by atoms with Gasteiger partial charge in [0.25, 0.3) is 5.91 Å². The fourth-order valence-corrected chi connectivity index (χ4v) is 2.27. The van der Waals surface area contributed by atoms with E-state index in [9.17, 15) is 9.59 Å². The summed E-state index contributed by atoms with van der Waals surface area (Å²) < 4.78 is 5.36. The first-order chi connectivity index (χ1) is 9.56. The molecule has 1 aromatic rings. The maximum absolute atomic E-state index is 11.6. The van der Waals surface area contributed by atoms with Crippen molar-refractivity contribution in [3.05, 3.63) is 34.8 Å². The number of nitriles is 1. The second kappa shape index (κ2) is 8.40. The van der Waals surface area contributed by atoms with Crippen molar-refractivity contribution in [2.24, 2.45) is 0 Å². The van der Waals surface area contributed by atoms with Crippen molar-refractivity contribution < 1.29 is 14.3 Å². The fraction of sp³-hybridized carbons (Fsp3) is 0.154. The Labute approximate surface area is 129 Å². The van der Waals surface area contributed by atoms with Crippen LogP contribution in [0.3, 0.4) is 0 Å². The number of thiocyanates is 1. The van der Waals surface area contributed by atoms with E-state index in [4.69, 9.17) is 10.00 Å². The molecular formula is C13H11BrN2O3S. The first-order valence-corrected chi connectivity index (χ1v) is 7.12. The van der Waals surface area contributed by atoms with E-state index in [1.165, 1.54) is 12.2 Å². The number of rotatable bonds is 5. The summed E-state index contributed by atoms with van der Waals surface area (Å²) in [4.78, 5) is 23.4. The zero-order chi connectivity index (χ0) is 15.0. The standard InChI is InChI=1S/C13H11BrN2O3S/c1-2-3-13(18)19-7-12(17)16-11-5-4-9(20-8-15)6-10(11)14/h2-6H,7H2,1H3,(H,16,17)/b3-2+. The van der Waals surface area contributed by atoms with Crippen molar-refractivity contribution in [2.75, 3.05) is 11.9 Å². The van der Waals surface area contributed by atoms with Gasteiger partial charge in [-0.15, -0.1) is 0 Å². The van der Waals surface area contributed by atoms with Crippen molar-refractivity contribution in [3.63, 3.8) is 0 Å². The predicted octanol–water partition coefficient (Wildman–Crippen LogP) is 3.08. The average Bonchev–Trinajstić information content (AvgIpc) is 2.40. The Morgan fingerprint density at radius 2 is 2.30 bits per heavy atom. The number of nitrogens with one attached hydrogen (secondary N) is 1. The molecule has 0 atom stereocenters. The molecule has 0 aliphatic heterocycles. The number of anilines is 1. The highest BCUT2D eigenvalue weighted by atomic mass is 79.9. The number of hydrogen-bond acceptors (Lipinski definition) is 5. The summed E-state index contributed by atoms with van der Waals surface area (Å²) in [7, 11) is 0. The minimum atomic E-state index is -0.567. The molecule has 0 saturated heterocycles. The van der Waals surface area contributed by atoms with Crippen LogP contribution in [0.25, 0.3) is 0 Å². The Morgan fingerprint density at radius 1 is 1.55 bits per heavy atom. The molecule has 20 heavy (non-hydrogen) atoms. The van der Waals surface area contributed by atoms with E-state index in [0.717, 1.165) is 16.7 Å². The van der Waals surface area contributed by atoms with Crippen LogP contribution in [0, 0.1) is 10.7 Å². The van der Waals surface area contributed by atoms with Gasteiger partial charge in [0.05, 0.1) is 5.69 Å². The number of halogens is 1. The normalized spacial score (nSPS) is 10.1. The van der Waals surface area contributed by atoms with E-state index in [1.54, 1.807) is 25.1 Å². The molecule has 0 saturated carbocycles. The summed E-state index contributed by atoms with van der Waals surface area (Å²) >= 11 is 4.32. The quantitative estimate of drug-likeness (QED) is 0.380. The molecule has 0 radical (unpaired) electrons. The zero-order valence-electron chi connectivity index (χ0n) is 10.6. The van der Waals surface area contributed by atoms with Gasteiger partial charge in [0, 0.05) is 15.4 Å². The van der Waals surface area contributed by atoms with Gasteiger partial charge in [0.1, 0.15) is 5.40 Å². The summed E-state index contributed by atoms with van der Waals surface area (Å²) in [6.45, 7) is 1.32. The van der Waals surface area contributed by atoms with Crippen LogP contribution in [0.5, 0.6) is 0 Å². The van der Waals surface area contributed by atoms with Crippen LogP contribution < -0.4 is 5.32 Å². The molecule has 7 heteroatoms. The third-order valence-electron chi connectivity index (χ3n) is 2.03. The molecule has 0 aliphatic rings. The van der Waals surface area contributed by atoms with Gasteiger partial charge in [-0.1, -0.05) is 6.08 Å². The molecule has 0 spiro atoms. The number of hydrogen-bond donors (Lipinski definition) is 1. The van der Waals surface area contributed by atoms with Gasteiger partial charge in [0.15, 0.2) is 6.61 Å². The fourth-order valence-electron chi connectivity index (χ4n) is 1.22.